The quantitative estimate of drug-likeness (QED) is 0.0352. The number of nitro benzene ring substituents is 1. The van der Waals surface area contributed by atoms with Crippen LogP contribution >= 0.6 is 119 Å². The Kier molecular flexibility index (Phi) is 29.8. The smallest absolute Gasteiger partial charge is 0.337 e. The molecule has 0 saturated carbocycles. The maximum absolute atomic E-state index is 11.5. The van der Waals surface area contributed by atoms with Crippen molar-refractivity contribution in [1.82, 2.24) is 0 Å². The third kappa shape index (κ3) is 23.3. The first-order valence-electron chi connectivity index (χ1n) is 35.9. The van der Waals surface area contributed by atoms with E-state index in [4.69, 9.17) is 141 Å². The topological polar surface area (TPSA) is 212 Å². The van der Waals surface area contributed by atoms with Crippen LogP contribution in [0.4, 0.5) is 45.5 Å². The number of thiocarbonyl (C=S) groups is 5. The van der Waals surface area contributed by atoms with Gasteiger partial charge in [0.05, 0.1) is 73.9 Å². The highest BCUT2D eigenvalue weighted by atomic mass is 35.5. The molecule has 0 aliphatic heterocycles. The van der Waals surface area contributed by atoms with Gasteiger partial charge in [-0.15, -0.1) is 0 Å². The predicted molar refractivity (Wildman–Crippen MR) is 498 cm³/mol. The van der Waals surface area contributed by atoms with E-state index in [2.05, 4.69) is 35.0 Å². The second kappa shape index (κ2) is 40.2. The molecular formula is C91H71Cl5N8O9S5. The molecule has 0 aliphatic rings. The van der Waals surface area contributed by atoms with Crippen LogP contribution in [0.25, 0.3) is 54.8 Å². The molecule has 27 heteroatoms. The molecule has 1 N–H and O–H groups in total. The van der Waals surface area contributed by atoms with Gasteiger partial charge in [-0.2, -0.15) is 0 Å². The standard InChI is InChI=1S/C19H17ClN2OS.C19H14ClNO3S.C18H15ClN2OS.C18H14ClNOS.C17H11ClN2O3S/c1-12(24)17-11-13-10-14(20)4-9-18(13)23-19(17)21-15-5-7-16(8-6-15)22(2)3;1-11(25)16-10-13-9-14(20)5-8-17(13)24-18(16)21-15-6-3-12(4-7-15)19(22)23-2;1-11(23)16-10-12-9-13(19)3-8-17(12)22-18(16)21-15-6-4-14(20-2)5-7-15;1-11-3-6-15(7-4-11)20-18-16(12(2)22)10-13-9-14(19)5-8-17(13)21-18;1-10(24)15-9-11-8-12(18)2-7-16(11)23-17(15)19-13-3-5-14(6-4-13)20(21)22/h4-11H,1-3H3;3-10H,1-2H3;3-10,20H,1-2H3;3-10H,1-2H3;2-9H,1H3. The number of carbonyl (C=O) groups is 1. The monoisotopic (exact) mass is 1750 g/mol. The molecule has 0 radical (unpaired) electrons. The Morgan fingerprint density at radius 2 is 0.627 bits per heavy atom. The number of anilines is 2. The minimum absolute atomic E-state index is 0.00489. The molecule has 0 amide bonds. The van der Waals surface area contributed by atoms with Gasteiger partial charge in [0.15, 0.2) is 0 Å². The van der Waals surface area contributed by atoms with Crippen LogP contribution in [0.1, 0.15) is 78.4 Å². The fraction of sp³-hybridized carbons (Fsp3) is 0.110. The van der Waals surface area contributed by atoms with Gasteiger partial charge in [-0.1, -0.05) is 137 Å². The molecule has 0 unspecified atom stereocenters. The lowest BCUT2D eigenvalue weighted by Gasteiger charge is -2.11. The number of non-ortho nitro benzene ring substituents is 1. The van der Waals surface area contributed by atoms with E-state index in [-0.39, 0.29) is 5.69 Å². The van der Waals surface area contributed by atoms with Gasteiger partial charge in [-0.3, -0.25) is 10.1 Å². The summed E-state index contributed by atoms with van der Waals surface area (Å²) in [4.78, 5) is 50.0. The number of aryl methyl sites for hydroxylation is 1. The van der Waals surface area contributed by atoms with E-state index >= 15 is 0 Å². The van der Waals surface area contributed by atoms with E-state index in [1.165, 1.54) is 24.8 Å². The van der Waals surface area contributed by atoms with Crippen molar-refractivity contribution in [2.24, 2.45) is 25.0 Å². The minimum Gasteiger partial charge on any atom is -0.465 e. The fourth-order valence-electron chi connectivity index (χ4n) is 11.4. The highest BCUT2D eigenvalue weighted by Crippen LogP contribution is 2.28. The van der Waals surface area contributed by atoms with Crippen molar-refractivity contribution in [3.05, 3.63) is 345 Å². The average molecular weight is 1760 g/mol. The number of fused-ring (bicyclic) bond motifs is 5. The molecule has 0 atom stereocenters. The van der Waals surface area contributed by atoms with Crippen molar-refractivity contribution in [3.8, 4) is 0 Å². The van der Waals surface area contributed by atoms with Gasteiger partial charge in [0.1, 0.15) is 27.9 Å². The summed E-state index contributed by atoms with van der Waals surface area (Å²) >= 11 is 56.8. The zero-order valence-corrected chi connectivity index (χ0v) is 72.7. The van der Waals surface area contributed by atoms with Crippen LogP contribution in [0.15, 0.2) is 290 Å². The van der Waals surface area contributed by atoms with Gasteiger partial charge in [0.2, 0.25) is 27.8 Å². The molecule has 0 spiro atoms. The Morgan fingerprint density at radius 1 is 0.381 bits per heavy atom. The number of carbonyl (C=O) groups excluding carboxylic acids is 1. The number of ether oxygens (including phenoxy) is 1. The Balaban J connectivity index is 0.000000145. The number of nitro groups is 1. The van der Waals surface area contributed by atoms with Crippen molar-refractivity contribution in [3.63, 3.8) is 0 Å². The minimum atomic E-state index is -0.458. The molecule has 0 fully saturated rings. The van der Waals surface area contributed by atoms with Crippen LogP contribution < -0.4 is 38.0 Å². The number of hydrogen-bond donors (Lipinski definition) is 1. The van der Waals surface area contributed by atoms with Crippen molar-refractivity contribution in [2.45, 2.75) is 41.5 Å². The van der Waals surface area contributed by atoms with E-state index in [9.17, 15) is 14.9 Å². The van der Waals surface area contributed by atoms with Crippen LogP contribution in [0.2, 0.25) is 25.1 Å². The summed E-state index contributed by atoms with van der Waals surface area (Å²) in [5.74, 6) is -0.394. The van der Waals surface area contributed by atoms with Gasteiger partial charge in [-0.25, -0.2) is 29.8 Å². The van der Waals surface area contributed by atoms with E-state index in [1.54, 1.807) is 91.9 Å². The van der Waals surface area contributed by atoms with Crippen LogP contribution in [0, 0.1) is 17.0 Å². The first-order chi connectivity index (χ1) is 56.4. The predicted octanol–water partition coefficient (Wildman–Crippen LogP) is 25.4. The number of esters is 1. The summed E-state index contributed by atoms with van der Waals surface area (Å²) in [5.41, 5.74) is 17.0. The van der Waals surface area contributed by atoms with Crippen LogP contribution in [0.3, 0.4) is 0 Å². The Bertz CT molecular complexity index is 6810. The molecule has 0 aliphatic carbocycles. The lowest BCUT2D eigenvalue weighted by atomic mass is 10.1. The van der Waals surface area contributed by atoms with E-state index in [1.807, 2.05) is 206 Å². The molecule has 15 rings (SSSR count). The van der Waals surface area contributed by atoms with E-state index in [0.717, 1.165) is 109 Å². The first kappa shape index (κ1) is 87.5. The highest BCUT2D eigenvalue weighted by molar-refractivity contribution is 7.81. The van der Waals surface area contributed by atoms with Gasteiger partial charge in [-0.05, 0) is 260 Å². The molecule has 5 aromatic heterocycles. The third-order valence-corrected chi connectivity index (χ3v) is 19.8. The van der Waals surface area contributed by atoms with E-state index < -0.39 is 10.9 Å². The molecule has 10 aromatic carbocycles. The summed E-state index contributed by atoms with van der Waals surface area (Å²) in [5, 5.41) is 21.4. The highest BCUT2D eigenvalue weighted by Gasteiger charge is 2.15. The van der Waals surface area contributed by atoms with E-state index in [0.29, 0.717) is 96.3 Å². The van der Waals surface area contributed by atoms with Crippen molar-refractivity contribution < 1.29 is 36.5 Å². The van der Waals surface area contributed by atoms with Gasteiger partial charge in [0, 0.05) is 121 Å². The number of nitrogens with one attached hydrogen (secondary N) is 1. The lowest BCUT2D eigenvalue weighted by Crippen LogP contribution is -2.12. The molecule has 17 nitrogen and oxygen atoms in total. The van der Waals surface area contributed by atoms with Crippen LogP contribution in [0.5, 0.6) is 0 Å². The van der Waals surface area contributed by atoms with Crippen LogP contribution in [-0.4, -0.2) is 63.5 Å². The second-order valence-corrected chi connectivity index (χ2v) is 31.7. The SMILES string of the molecule is CC(=S)c1cc2cc(Cl)ccc2oc1=Nc1ccc(C)cc1.CC(=S)c1cc2cc(Cl)ccc2oc1=Nc1ccc(N(C)C)cc1.CC(=S)c1cc2cc(Cl)ccc2oc1=Nc1ccc([N+](=O)[O-])cc1.CNc1ccc(N=c2oc3ccc(Cl)cc3cc2C(C)=S)cc1.COC(=O)c1ccc(N=c2oc3ccc(Cl)cc3cc2C(C)=S)cc1. The van der Waals surface area contributed by atoms with Gasteiger partial charge < -0.3 is 37.0 Å². The maximum Gasteiger partial charge on any atom is 0.337 e. The van der Waals surface area contributed by atoms with Gasteiger partial charge >= 0.3 is 5.97 Å². The number of methoxy groups -OCH3 is 1. The Hall–Kier alpha value is -11.4. The number of rotatable bonds is 14. The zero-order chi connectivity index (χ0) is 84.6. The number of nitrogens with zero attached hydrogens (tertiary/aromatic N) is 7. The Morgan fingerprint density at radius 3 is 0.864 bits per heavy atom. The zero-order valence-electron chi connectivity index (χ0n) is 64.8. The summed E-state index contributed by atoms with van der Waals surface area (Å²) in [6.45, 7) is 11.2. The normalized spacial score (nSPS) is 11.7. The lowest BCUT2D eigenvalue weighted by molar-refractivity contribution is -0.384. The summed E-state index contributed by atoms with van der Waals surface area (Å²) < 4.78 is 34.3. The summed E-state index contributed by atoms with van der Waals surface area (Å²) in [6, 6.07) is 73.1. The largest absolute Gasteiger partial charge is 0.465 e. The molecule has 15 aromatic rings. The summed E-state index contributed by atoms with van der Waals surface area (Å²) in [7, 11) is 7.23. The number of benzene rings is 10. The van der Waals surface area contributed by atoms with Crippen molar-refractivity contribution in [1.29, 1.82) is 0 Å². The maximum atomic E-state index is 11.5. The molecule has 118 heavy (non-hydrogen) atoms. The molecule has 5 heterocycles. The van der Waals surface area contributed by atoms with Crippen molar-refractivity contribution >= 4 is 250 Å². The van der Waals surface area contributed by atoms with Crippen molar-refractivity contribution in [2.75, 3.05) is 38.5 Å². The molecule has 0 saturated heterocycles. The Labute approximate surface area is 729 Å². The molecular weight excluding hydrogens is 1690 g/mol. The average Bonchev–Trinajstić information content (AvgIpc) is 0.818. The third-order valence-electron chi connectivity index (χ3n) is 17.5. The number of hydrogen-bond acceptors (Lipinski definition) is 21. The second-order valence-electron chi connectivity index (χ2n) is 26.4. The molecule has 594 valence electrons. The molecule has 0 bridgehead atoms. The first-order valence-corrected chi connectivity index (χ1v) is 39.9. The summed E-state index contributed by atoms with van der Waals surface area (Å²) in [6.07, 6.45) is 0. The fourth-order valence-corrected chi connectivity index (χ4v) is 13.0. The van der Waals surface area contributed by atoms with Crippen LogP contribution in [-0.2, 0) is 4.74 Å². The number of halogens is 5. The van der Waals surface area contributed by atoms with Gasteiger partial charge in [0.25, 0.3) is 5.69 Å².